The highest BCUT2D eigenvalue weighted by molar-refractivity contribution is 5.58. The zero-order chi connectivity index (χ0) is 18.5. The average molecular weight is 370 g/mol. The van der Waals surface area contributed by atoms with Crippen LogP contribution in [0.25, 0.3) is 11.3 Å². The van der Waals surface area contributed by atoms with Gasteiger partial charge in [-0.15, -0.1) is 0 Å². The maximum Gasteiger partial charge on any atom is 0.123 e. The number of aromatic nitrogens is 2. The van der Waals surface area contributed by atoms with Crippen LogP contribution in [0.2, 0.25) is 0 Å². The van der Waals surface area contributed by atoms with Gasteiger partial charge in [0, 0.05) is 6.04 Å². The second-order valence-corrected chi connectivity index (χ2v) is 8.48. The summed E-state index contributed by atoms with van der Waals surface area (Å²) in [6, 6.07) is 7.57. The fourth-order valence-corrected chi connectivity index (χ4v) is 4.86. The van der Waals surface area contributed by atoms with Crippen molar-refractivity contribution in [2.24, 2.45) is 5.92 Å². The van der Waals surface area contributed by atoms with Crippen molar-refractivity contribution in [1.82, 2.24) is 15.3 Å². The van der Waals surface area contributed by atoms with E-state index >= 15 is 0 Å². The lowest BCUT2D eigenvalue weighted by Gasteiger charge is -2.31. The van der Waals surface area contributed by atoms with Gasteiger partial charge in [0.1, 0.15) is 11.6 Å². The van der Waals surface area contributed by atoms with Crippen LogP contribution in [0.15, 0.2) is 30.5 Å². The fourth-order valence-electron chi connectivity index (χ4n) is 4.86. The molecule has 0 bridgehead atoms. The van der Waals surface area contributed by atoms with Gasteiger partial charge in [-0.1, -0.05) is 51.4 Å². The lowest BCUT2D eigenvalue weighted by atomic mass is 9.84. The second-order valence-electron chi connectivity index (χ2n) is 8.48. The summed E-state index contributed by atoms with van der Waals surface area (Å²) in [5, 5.41) is 3.94. The van der Waals surface area contributed by atoms with Gasteiger partial charge in [-0.25, -0.2) is 9.37 Å². The van der Waals surface area contributed by atoms with E-state index in [1.165, 1.54) is 82.8 Å². The highest BCUT2D eigenvalue weighted by atomic mass is 19.1. The Morgan fingerprint density at radius 1 is 0.963 bits per heavy atom. The summed E-state index contributed by atoms with van der Waals surface area (Å²) in [5.41, 5.74) is 1.97. The van der Waals surface area contributed by atoms with Crippen molar-refractivity contribution in [2.75, 3.05) is 0 Å². The highest BCUT2D eigenvalue weighted by Gasteiger charge is 2.25. The van der Waals surface area contributed by atoms with E-state index in [-0.39, 0.29) is 5.82 Å². The van der Waals surface area contributed by atoms with Gasteiger partial charge < -0.3 is 10.3 Å². The summed E-state index contributed by atoms with van der Waals surface area (Å²) < 4.78 is 13.2. The molecule has 2 aromatic rings. The van der Waals surface area contributed by atoms with Crippen molar-refractivity contribution in [3.05, 3.63) is 42.1 Å². The maximum absolute atomic E-state index is 13.2. The third kappa shape index (κ3) is 4.98. The molecule has 2 aliphatic rings. The molecule has 0 spiro atoms. The third-order valence-electron chi connectivity index (χ3n) is 6.42. The maximum atomic E-state index is 13.2. The molecule has 0 amide bonds. The predicted octanol–water partition coefficient (Wildman–Crippen LogP) is 6.15. The summed E-state index contributed by atoms with van der Waals surface area (Å²) in [6.45, 7) is 0. The number of nitrogens with one attached hydrogen (secondary N) is 2. The lowest BCUT2D eigenvalue weighted by molar-refractivity contribution is 0.262. The summed E-state index contributed by atoms with van der Waals surface area (Å²) >= 11 is 0. The number of halogens is 1. The van der Waals surface area contributed by atoms with Crippen LogP contribution in [0.4, 0.5) is 4.39 Å². The Bertz CT molecular complexity index is 677. The molecule has 1 aromatic carbocycles. The number of benzene rings is 1. The molecule has 1 atom stereocenters. The minimum Gasteiger partial charge on any atom is -0.341 e. The topological polar surface area (TPSA) is 40.7 Å². The number of nitrogens with zero attached hydrogens (tertiary/aromatic N) is 1. The summed E-state index contributed by atoms with van der Waals surface area (Å²) in [4.78, 5) is 8.27. The summed E-state index contributed by atoms with van der Waals surface area (Å²) in [6.07, 6.45) is 16.6. The van der Waals surface area contributed by atoms with Crippen molar-refractivity contribution in [3.63, 3.8) is 0 Å². The molecule has 0 saturated heterocycles. The van der Waals surface area contributed by atoms with E-state index in [4.69, 9.17) is 4.98 Å². The monoisotopic (exact) mass is 369 g/mol. The minimum absolute atomic E-state index is 0.201. The summed E-state index contributed by atoms with van der Waals surface area (Å²) in [5.74, 6) is 1.65. The van der Waals surface area contributed by atoms with Gasteiger partial charge in [0.2, 0.25) is 0 Å². The first kappa shape index (κ1) is 18.7. The number of hydrogen-bond donors (Lipinski definition) is 2. The predicted molar refractivity (Wildman–Crippen MR) is 108 cm³/mol. The lowest BCUT2D eigenvalue weighted by Crippen LogP contribution is -2.36. The van der Waals surface area contributed by atoms with Crippen LogP contribution in [0.3, 0.4) is 0 Å². The molecule has 1 aromatic heterocycles. The van der Waals surface area contributed by atoms with Gasteiger partial charge in [-0.3, -0.25) is 0 Å². The van der Waals surface area contributed by atoms with E-state index in [1.807, 2.05) is 18.3 Å². The molecular formula is C23H32FN3. The van der Waals surface area contributed by atoms with Gasteiger partial charge in [0.05, 0.1) is 17.9 Å². The first-order valence-electron chi connectivity index (χ1n) is 10.8. The molecule has 1 heterocycles. The number of hydrogen-bond acceptors (Lipinski definition) is 2. The van der Waals surface area contributed by atoms with Gasteiger partial charge in [0.25, 0.3) is 0 Å². The molecule has 3 nitrogen and oxygen atoms in total. The number of H-pyrrole nitrogens is 1. The van der Waals surface area contributed by atoms with Crippen molar-refractivity contribution >= 4 is 0 Å². The first-order chi connectivity index (χ1) is 13.3. The van der Waals surface area contributed by atoms with E-state index < -0.39 is 0 Å². The smallest absolute Gasteiger partial charge is 0.123 e. The van der Waals surface area contributed by atoms with E-state index in [1.54, 1.807) is 0 Å². The summed E-state index contributed by atoms with van der Waals surface area (Å²) in [7, 11) is 0. The number of rotatable bonds is 6. The van der Waals surface area contributed by atoms with Crippen molar-refractivity contribution < 1.29 is 4.39 Å². The van der Waals surface area contributed by atoms with Crippen LogP contribution < -0.4 is 5.32 Å². The third-order valence-corrected chi connectivity index (χ3v) is 6.42. The van der Waals surface area contributed by atoms with Gasteiger partial charge in [0.15, 0.2) is 0 Å². The molecule has 0 unspecified atom stereocenters. The quantitative estimate of drug-likeness (QED) is 0.641. The molecular weight excluding hydrogens is 337 g/mol. The number of aromatic amines is 1. The Kier molecular flexibility index (Phi) is 6.23. The van der Waals surface area contributed by atoms with Crippen LogP contribution in [0.1, 0.15) is 82.5 Å². The normalized spacial score (nSPS) is 20.6. The SMILES string of the molecule is Fc1ccc(-c2cnc([C@@H](CC3CCCCC3)NC3CCCCC3)[nH]2)cc1. The Morgan fingerprint density at radius 2 is 1.63 bits per heavy atom. The Labute approximate surface area is 162 Å². The van der Waals surface area contributed by atoms with Gasteiger partial charge in [-0.2, -0.15) is 0 Å². The largest absolute Gasteiger partial charge is 0.341 e. The van der Waals surface area contributed by atoms with E-state index in [9.17, 15) is 4.39 Å². The fraction of sp³-hybridized carbons (Fsp3) is 0.609. The Balaban J connectivity index is 1.50. The van der Waals surface area contributed by atoms with Crippen LogP contribution in [-0.4, -0.2) is 16.0 Å². The highest BCUT2D eigenvalue weighted by Crippen LogP contribution is 2.33. The van der Waals surface area contributed by atoms with Crippen molar-refractivity contribution in [3.8, 4) is 11.3 Å². The standard InChI is InChI=1S/C23H32FN3/c24-19-13-11-18(12-14-19)22-16-25-23(27-22)21(15-17-7-3-1-4-8-17)26-20-9-5-2-6-10-20/h11-14,16-17,20-21,26H,1-10,15H2,(H,25,27)/t21-/m1/s1. The molecule has 0 aliphatic heterocycles. The first-order valence-corrected chi connectivity index (χ1v) is 10.8. The van der Waals surface area contributed by atoms with Gasteiger partial charge in [-0.05, 0) is 55.0 Å². The van der Waals surface area contributed by atoms with E-state index in [0.717, 1.165) is 23.0 Å². The molecule has 0 radical (unpaired) electrons. The molecule has 4 heteroatoms. The Hall–Kier alpha value is -1.68. The molecule has 2 fully saturated rings. The molecule has 4 rings (SSSR count). The van der Waals surface area contributed by atoms with E-state index in [0.29, 0.717) is 12.1 Å². The molecule has 2 saturated carbocycles. The molecule has 2 N–H and O–H groups in total. The van der Waals surface area contributed by atoms with Crippen molar-refractivity contribution in [1.29, 1.82) is 0 Å². The molecule has 146 valence electrons. The van der Waals surface area contributed by atoms with Gasteiger partial charge >= 0.3 is 0 Å². The second kappa shape index (κ2) is 9.01. The van der Waals surface area contributed by atoms with Crippen LogP contribution >= 0.6 is 0 Å². The van der Waals surface area contributed by atoms with Crippen LogP contribution in [0.5, 0.6) is 0 Å². The zero-order valence-corrected chi connectivity index (χ0v) is 16.2. The van der Waals surface area contributed by atoms with Crippen LogP contribution in [0, 0.1) is 11.7 Å². The number of imidazole rings is 1. The van der Waals surface area contributed by atoms with Crippen LogP contribution in [-0.2, 0) is 0 Å². The average Bonchev–Trinajstić information content (AvgIpc) is 3.20. The van der Waals surface area contributed by atoms with E-state index in [2.05, 4.69) is 10.3 Å². The molecule has 27 heavy (non-hydrogen) atoms. The Morgan fingerprint density at radius 3 is 2.33 bits per heavy atom. The molecule has 2 aliphatic carbocycles. The minimum atomic E-state index is -0.201. The zero-order valence-electron chi connectivity index (χ0n) is 16.2. The van der Waals surface area contributed by atoms with Crippen molar-refractivity contribution in [2.45, 2.75) is 82.7 Å².